The fourth-order valence-electron chi connectivity index (χ4n) is 2.33. The third-order valence-electron chi connectivity index (χ3n) is 3.40. The number of thioether (sulfide) groups is 1. The number of anilines is 1. The largest absolute Gasteiger partial charge is 0.486 e. The Morgan fingerprint density at radius 3 is 2.68 bits per heavy atom. The Labute approximate surface area is 116 Å². The molecule has 1 aromatic carbocycles. The van der Waals surface area contributed by atoms with Gasteiger partial charge in [0.05, 0.1) is 0 Å². The Hall–Kier alpha value is -1.36. The number of amides is 1. The predicted molar refractivity (Wildman–Crippen MR) is 76.1 cm³/mol. The summed E-state index contributed by atoms with van der Waals surface area (Å²) in [7, 11) is 0. The van der Waals surface area contributed by atoms with Gasteiger partial charge in [-0.05, 0) is 36.5 Å². The van der Waals surface area contributed by atoms with Gasteiger partial charge in [0, 0.05) is 17.7 Å². The number of benzene rings is 1. The lowest BCUT2D eigenvalue weighted by atomic mass is 10.0. The van der Waals surface area contributed by atoms with Gasteiger partial charge in [-0.15, -0.1) is 0 Å². The quantitative estimate of drug-likeness (QED) is 0.903. The van der Waals surface area contributed by atoms with Gasteiger partial charge in [0.25, 0.3) is 0 Å². The van der Waals surface area contributed by atoms with Crippen molar-refractivity contribution in [3.05, 3.63) is 18.2 Å². The number of fused-ring (bicyclic) bond motifs is 1. The van der Waals surface area contributed by atoms with E-state index in [0.29, 0.717) is 19.0 Å². The number of carbonyl (C=O) groups is 1. The maximum Gasteiger partial charge on any atom is 0.227 e. The van der Waals surface area contributed by atoms with E-state index >= 15 is 0 Å². The van der Waals surface area contributed by atoms with Crippen molar-refractivity contribution >= 4 is 23.4 Å². The van der Waals surface area contributed by atoms with E-state index in [1.165, 1.54) is 0 Å². The molecule has 2 aliphatic heterocycles. The highest BCUT2D eigenvalue weighted by Gasteiger charge is 2.22. The zero-order valence-corrected chi connectivity index (χ0v) is 11.5. The van der Waals surface area contributed by atoms with Crippen LogP contribution in [-0.4, -0.2) is 30.6 Å². The molecule has 3 rings (SSSR count). The van der Waals surface area contributed by atoms with E-state index in [1.807, 2.05) is 30.0 Å². The summed E-state index contributed by atoms with van der Waals surface area (Å²) in [5, 5.41) is 2.98. The van der Waals surface area contributed by atoms with Crippen LogP contribution in [0.1, 0.15) is 12.8 Å². The van der Waals surface area contributed by atoms with Gasteiger partial charge in [0.1, 0.15) is 13.2 Å². The van der Waals surface area contributed by atoms with Crippen LogP contribution in [0.15, 0.2) is 18.2 Å². The van der Waals surface area contributed by atoms with Crippen LogP contribution < -0.4 is 14.8 Å². The summed E-state index contributed by atoms with van der Waals surface area (Å²) >= 11 is 1.92. The van der Waals surface area contributed by atoms with Gasteiger partial charge in [0.2, 0.25) is 5.91 Å². The lowest BCUT2D eigenvalue weighted by Gasteiger charge is -2.22. The van der Waals surface area contributed by atoms with Crippen LogP contribution in [0.2, 0.25) is 0 Å². The van der Waals surface area contributed by atoms with E-state index in [9.17, 15) is 4.79 Å². The maximum absolute atomic E-state index is 12.1. The molecule has 1 fully saturated rings. The zero-order valence-electron chi connectivity index (χ0n) is 10.7. The highest BCUT2D eigenvalue weighted by atomic mass is 32.2. The minimum Gasteiger partial charge on any atom is -0.486 e. The van der Waals surface area contributed by atoms with Crippen molar-refractivity contribution in [1.29, 1.82) is 0 Å². The molecule has 1 saturated heterocycles. The fraction of sp³-hybridized carbons (Fsp3) is 0.500. The highest BCUT2D eigenvalue weighted by Crippen LogP contribution is 2.33. The van der Waals surface area contributed by atoms with Crippen molar-refractivity contribution < 1.29 is 14.3 Å². The lowest BCUT2D eigenvalue weighted by Crippen LogP contribution is -2.26. The first-order valence-corrected chi connectivity index (χ1v) is 7.76. The van der Waals surface area contributed by atoms with Crippen molar-refractivity contribution in [2.75, 3.05) is 30.0 Å². The first-order valence-electron chi connectivity index (χ1n) is 6.61. The molecule has 0 atom stereocenters. The molecule has 0 saturated carbocycles. The molecule has 0 bridgehead atoms. The number of rotatable bonds is 2. The van der Waals surface area contributed by atoms with Crippen molar-refractivity contribution in [3.63, 3.8) is 0 Å². The second-order valence-electron chi connectivity index (χ2n) is 4.73. The summed E-state index contributed by atoms with van der Waals surface area (Å²) in [6.45, 7) is 1.14. The molecule has 1 aromatic rings. The number of carbonyl (C=O) groups excluding carboxylic acids is 1. The van der Waals surface area contributed by atoms with Crippen LogP contribution in [0.25, 0.3) is 0 Å². The molecular weight excluding hydrogens is 262 g/mol. The van der Waals surface area contributed by atoms with Crippen molar-refractivity contribution in [3.8, 4) is 11.5 Å². The number of hydrogen-bond acceptors (Lipinski definition) is 4. The summed E-state index contributed by atoms with van der Waals surface area (Å²) in [5.41, 5.74) is 0.785. The topological polar surface area (TPSA) is 47.6 Å². The third-order valence-corrected chi connectivity index (χ3v) is 4.45. The smallest absolute Gasteiger partial charge is 0.227 e. The third kappa shape index (κ3) is 2.97. The SMILES string of the molecule is O=C(Nc1ccc2c(c1)OCCO2)C1CCSCC1. The monoisotopic (exact) mass is 279 g/mol. The van der Waals surface area contributed by atoms with Crippen LogP contribution in [-0.2, 0) is 4.79 Å². The molecule has 0 aromatic heterocycles. The Kier molecular flexibility index (Phi) is 3.82. The molecule has 0 spiro atoms. The average molecular weight is 279 g/mol. The van der Waals surface area contributed by atoms with Crippen molar-refractivity contribution in [2.45, 2.75) is 12.8 Å². The molecule has 0 unspecified atom stereocenters. The van der Waals surface area contributed by atoms with Crippen molar-refractivity contribution in [2.24, 2.45) is 5.92 Å². The van der Waals surface area contributed by atoms with Gasteiger partial charge >= 0.3 is 0 Å². The standard InChI is InChI=1S/C14H17NO3S/c16-14(10-3-7-19-8-4-10)15-11-1-2-12-13(9-11)18-6-5-17-12/h1-2,9-10H,3-8H2,(H,15,16). The van der Waals surface area contributed by atoms with Crippen LogP contribution in [0.3, 0.4) is 0 Å². The average Bonchev–Trinajstić information content (AvgIpc) is 2.48. The molecule has 1 amide bonds. The van der Waals surface area contributed by atoms with Crippen molar-refractivity contribution in [1.82, 2.24) is 0 Å². The predicted octanol–water partition coefficient (Wildman–Crippen LogP) is 2.54. The van der Waals surface area contributed by atoms with E-state index in [1.54, 1.807) is 0 Å². The summed E-state index contributed by atoms with van der Waals surface area (Å²) in [6, 6.07) is 5.55. The number of nitrogens with one attached hydrogen (secondary N) is 1. The number of hydrogen-bond donors (Lipinski definition) is 1. The van der Waals surface area contributed by atoms with Gasteiger partial charge in [-0.2, -0.15) is 11.8 Å². The molecule has 4 nitrogen and oxygen atoms in total. The summed E-state index contributed by atoms with van der Waals surface area (Å²) < 4.78 is 11.0. The molecule has 5 heteroatoms. The Bertz CT molecular complexity index is 472. The fourth-order valence-corrected chi connectivity index (χ4v) is 3.43. The Morgan fingerprint density at radius 2 is 1.89 bits per heavy atom. The summed E-state index contributed by atoms with van der Waals surface area (Å²) in [6.07, 6.45) is 1.95. The van der Waals surface area contributed by atoms with Gasteiger partial charge in [-0.3, -0.25) is 4.79 Å². The normalized spacial score (nSPS) is 18.9. The maximum atomic E-state index is 12.1. The van der Waals surface area contributed by atoms with Crippen LogP contribution in [0.4, 0.5) is 5.69 Å². The lowest BCUT2D eigenvalue weighted by molar-refractivity contribution is -0.120. The molecule has 19 heavy (non-hydrogen) atoms. The minimum atomic E-state index is 0.122. The second-order valence-corrected chi connectivity index (χ2v) is 5.96. The Balaban J connectivity index is 1.67. The summed E-state index contributed by atoms with van der Waals surface area (Å²) in [5.74, 6) is 3.89. The van der Waals surface area contributed by atoms with E-state index in [2.05, 4.69) is 5.32 Å². The van der Waals surface area contributed by atoms with E-state index < -0.39 is 0 Å². The van der Waals surface area contributed by atoms with Gasteiger partial charge < -0.3 is 14.8 Å². The molecule has 0 aliphatic carbocycles. The van der Waals surface area contributed by atoms with Crippen LogP contribution >= 0.6 is 11.8 Å². The summed E-state index contributed by atoms with van der Waals surface area (Å²) in [4.78, 5) is 12.1. The van der Waals surface area contributed by atoms with Crippen LogP contribution in [0.5, 0.6) is 11.5 Å². The highest BCUT2D eigenvalue weighted by molar-refractivity contribution is 7.99. The molecule has 2 heterocycles. The van der Waals surface area contributed by atoms with E-state index in [-0.39, 0.29) is 11.8 Å². The first kappa shape index (κ1) is 12.7. The van der Waals surface area contributed by atoms with Gasteiger partial charge in [-0.25, -0.2) is 0 Å². The zero-order chi connectivity index (χ0) is 13.1. The van der Waals surface area contributed by atoms with E-state index in [4.69, 9.17) is 9.47 Å². The number of ether oxygens (including phenoxy) is 2. The Morgan fingerprint density at radius 1 is 1.16 bits per heavy atom. The molecule has 2 aliphatic rings. The second kappa shape index (κ2) is 5.74. The molecule has 102 valence electrons. The van der Waals surface area contributed by atoms with Crippen LogP contribution in [0, 0.1) is 5.92 Å². The molecule has 1 N–H and O–H groups in total. The molecule has 0 radical (unpaired) electrons. The van der Waals surface area contributed by atoms with Gasteiger partial charge in [-0.1, -0.05) is 0 Å². The minimum absolute atomic E-state index is 0.122. The van der Waals surface area contributed by atoms with Gasteiger partial charge in [0.15, 0.2) is 11.5 Å². The van der Waals surface area contributed by atoms with E-state index in [0.717, 1.165) is 35.8 Å². The first-order chi connectivity index (χ1) is 9.33. The molecular formula is C14H17NO3S.